The van der Waals surface area contributed by atoms with Gasteiger partial charge in [0.2, 0.25) is 0 Å². The lowest BCUT2D eigenvalue weighted by Gasteiger charge is -1.98. The number of rotatable bonds is 0. The number of hydrogen-bond donors (Lipinski definition) is 2. The predicted octanol–water partition coefficient (Wildman–Crippen LogP) is 3.21. The van der Waals surface area contributed by atoms with Gasteiger partial charge in [-0.3, -0.25) is 0 Å². The number of para-hydroxylation sites is 1. The molecule has 15 heavy (non-hydrogen) atoms. The second-order valence-electron chi connectivity index (χ2n) is 3.93. The quantitative estimate of drug-likeness (QED) is 0.532. The van der Waals surface area contributed by atoms with Crippen LogP contribution in [-0.2, 0) is 0 Å². The second kappa shape index (κ2) is 2.76. The molecule has 2 heteroatoms. The van der Waals surface area contributed by atoms with Crippen LogP contribution in [0, 0.1) is 6.92 Å². The lowest BCUT2D eigenvalue weighted by molar-refractivity contribution is 1.45. The Labute approximate surface area is 87.7 Å². The van der Waals surface area contributed by atoms with Crippen LogP contribution in [0.4, 0.5) is 5.69 Å². The number of aromatic amines is 1. The van der Waals surface area contributed by atoms with Crippen molar-refractivity contribution in [3.63, 3.8) is 0 Å². The molecule has 0 radical (unpaired) electrons. The number of benzene rings is 2. The van der Waals surface area contributed by atoms with Crippen LogP contribution in [0.2, 0.25) is 0 Å². The fourth-order valence-electron chi connectivity index (χ4n) is 2.16. The molecule has 1 aromatic heterocycles. The van der Waals surface area contributed by atoms with Gasteiger partial charge in [-0.05, 0) is 30.7 Å². The molecule has 2 nitrogen and oxygen atoms in total. The molecule has 0 atom stereocenters. The summed E-state index contributed by atoms with van der Waals surface area (Å²) < 4.78 is 0. The molecule has 0 amide bonds. The predicted molar refractivity (Wildman–Crippen MR) is 65.0 cm³/mol. The summed E-state index contributed by atoms with van der Waals surface area (Å²) in [4.78, 5) is 3.42. The van der Waals surface area contributed by atoms with Crippen molar-refractivity contribution in [1.29, 1.82) is 0 Å². The molecular formula is C13H12N2. The minimum Gasteiger partial charge on any atom is -0.399 e. The molecule has 74 valence electrons. The summed E-state index contributed by atoms with van der Waals surface area (Å²) in [5.41, 5.74) is 10.2. The van der Waals surface area contributed by atoms with Crippen LogP contribution in [0.3, 0.4) is 0 Å². The number of hydrogen-bond acceptors (Lipinski definition) is 1. The fraction of sp³-hybridized carbons (Fsp3) is 0.0769. The van der Waals surface area contributed by atoms with E-state index in [0.717, 1.165) is 5.69 Å². The van der Waals surface area contributed by atoms with Crippen LogP contribution in [0.25, 0.3) is 21.8 Å². The van der Waals surface area contributed by atoms with Crippen molar-refractivity contribution < 1.29 is 0 Å². The monoisotopic (exact) mass is 196 g/mol. The zero-order valence-corrected chi connectivity index (χ0v) is 8.54. The first-order valence-electron chi connectivity index (χ1n) is 5.02. The molecule has 3 aromatic rings. The molecule has 3 N–H and O–H groups in total. The van der Waals surface area contributed by atoms with Crippen molar-refractivity contribution in [2.45, 2.75) is 6.92 Å². The number of aryl methyl sites for hydroxylation is 1. The van der Waals surface area contributed by atoms with E-state index in [1.54, 1.807) is 0 Å². The third-order valence-corrected chi connectivity index (χ3v) is 2.83. The number of aromatic nitrogens is 1. The van der Waals surface area contributed by atoms with E-state index in [1.165, 1.54) is 27.4 Å². The number of nitrogens with one attached hydrogen (secondary N) is 1. The minimum atomic E-state index is 0.824. The van der Waals surface area contributed by atoms with Gasteiger partial charge >= 0.3 is 0 Å². The molecule has 0 unspecified atom stereocenters. The number of fused-ring (bicyclic) bond motifs is 3. The molecule has 0 aliphatic carbocycles. The smallest absolute Gasteiger partial charge is 0.0496 e. The van der Waals surface area contributed by atoms with Gasteiger partial charge in [-0.25, -0.2) is 0 Å². The second-order valence-corrected chi connectivity index (χ2v) is 3.93. The zero-order valence-electron chi connectivity index (χ0n) is 8.54. The van der Waals surface area contributed by atoms with E-state index in [0.29, 0.717) is 0 Å². The van der Waals surface area contributed by atoms with Crippen molar-refractivity contribution in [2.75, 3.05) is 5.73 Å². The van der Waals surface area contributed by atoms with Gasteiger partial charge in [-0.2, -0.15) is 0 Å². The van der Waals surface area contributed by atoms with Crippen molar-refractivity contribution >= 4 is 27.5 Å². The van der Waals surface area contributed by atoms with Gasteiger partial charge in [0.05, 0.1) is 0 Å². The Balaban J connectivity index is 2.61. The van der Waals surface area contributed by atoms with E-state index < -0.39 is 0 Å². The van der Waals surface area contributed by atoms with Crippen molar-refractivity contribution in [1.82, 2.24) is 4.98 Å². The summed E-state index contributed by atoms with van der Waals surface area (Å²) >= 11 is 0. The Morgan fingerprint density at radius 1 is 1.07 bits per heavy atom. The maximum Gasteiger partial charge on any atom is 0.0496 e. The Bertz CT molecular complexity index is 650. The molecule has 0 spiro atoms. The lowest BCUT2D eigenvalue weighted by atomic mass is 10.1. The Hall–Kier alpha value is -1.96. The standard InChI is InChI=1S/C13H12N2/c1-8-6-9(14)7-11-10-4-2-3-5-12(10)15-13(8)11/h2-7,15H,14H2,1H3. The van der Waals surface area contributed by atoms with E-state index in [2.05, 4.69) is 24.0 Å². The number of anilines is 1. The Morgan fingerprint density at radius 3 is 2.73 bits per heavy atom. The number of nitrogen functional groups attached to an aromatic ring is 1. The SMILES string of the molecule is Cc1cc(N)cc2c1[nH]c1ccccc12. The molecule has 0 bridgehead atoms. The average Bonchev–Trinajstić information content (AvgIpc) is 2.57. The van der Waals surface area contributed by atoms with Crippen LogP contribution in [-0.4, -0.2) is 4.98 Å². The van der Waals surface area contributed by atoms with Gasteiger partial charge in [-0.1, -0.05) is 18.2 Å². The van der Waals surface area contributed by atoms with E-state index in [-0.39, 0.29) is 0 Å². The molecule has 0 fully saturated rings. The van der Waals surface area contributed by atoms with Crippen LogP contribution in [0.5, 0.6) is 0 Å². The van der Waals surface area contributed by atoms with Crippen LogP contribution in [0.15, 0.2) is 36.4 Å². The van der Waals surface area contributed by atoms with E-state index in [4.69, 9.17) is 5.73 Å². The van der Waals surface area contributed by atoms with Crippen LogP contribution >= 0.6 is 0 Å². The lowest BCUT2D eigenvalue weighted by Crippen LogP contribution is -1.85. The highest BCUT2D eigenvalue weighted by Gasteiger charge is 2.05. The average molecular weight is 196 g/mol. The Morgan fingerprint density at radius 2 is 1.87 bits per heavy atom. The van der Waals surface area contributed by atoms with Crippen molar-refractivity contribution in [2.24, 2.45) is 0 Å². The number of nitrogens with two attached hydrogens (primary N) is 1. The molecule has 1 heterocycles. The van der Waals surface area contributed by atoms with Gasteiger partial charge < -0.3 is 10.7 Å². The highest BCUT2D eigenvalue weighted by Crippen LogP contribution is 2.29. The molecule has 0 aliphatic heterocycles. The first-order chi connectivity index (χ1) is 7.25. The van der Waals surface area contributed by atoms with Crippen LogP contribution < -0.4 is 5.73 Å². The van der Waals surface area contributed by atoms with Gasteiger partial charge in [-0.15, -0.1) is 0 Å². The highest BCUT2D eigenvalue weighted by atomic mass is 14.7. The largest absolute Gasteiger partial charge is 0.399 e. The Kier molecular flexibility index (Phi) is 1.54. The number of H-pyrrole nitrogens is 1. The van der Waals surface area contributed by atoms with E-state index >= 15 is 0 Å². The van der Waals surface area contributed by atoms with Crippen LogP contribution in [0.1, 0.15) is 5.56 Å². The summed E-state index contributed by atoms with van der Waals surface area (Å²) in [7, 11) is 0. The summed E-state index contributed by atoms with van der Waals surface area (Å²) in [6.07, 6.45) is 0. The first-order valence-corrected chi connectivity index (χ1v) is 5.02. The summed E-state index contributed by atoms with van der Waals surface area (Å²) in [6, 6.07) is 12.3. The summed E-state index contributed by atoms with van der Waals surface area (Å²) in [5.74, 6) is 0. The normalized spacial score (nSPS) is 11.3. The van der Waals surface area contributed by atoms with Gasteiger partial charge in [0, 0.05) is 27.5 Å². The van der Waals surface area contributed by atoms with Crippen molar-refractivity contribution in [3.8, 4) is 0 Å². The first kappa shape index (κ1) is 8.36. The van der Waals surface area contributed by atoms with Gasteiger partial charge in [0.1, 0.15) is 0 Å². The molecule has 0 saturated carbocycles. The fourth-order valence-corrected chi connectivity index (χ4v) is 2.16. The summed E-state index contributed by atoms with van der Waals surface area (Å²) in [5, 5.41) is 2.45. The third kappa shape index (κ3) is 1.11. The molecule has 0 saturated heterocycles. The maximum absolute atomic E-state index is 5.86. The third-order valence-electron chi connectivity index (χ3n) is 2.83. The topological polar surface area (TPSA) is 41.8 Å². The van der Waals surface area contributed by atoms with Crippen molar-refractivity contribution in [3.05, 3.63) is 42.0 Å². The van der Waals surface area contributed by atoms with Gasteiger partial charge in [0.25, 0.3) is 0 Å². The molecule has 3 rings (SSSR count). The molecule has 0 aliphatic rings. The van der Waals surface area contributed by atoms with E-state index in [9.17, 15) is 0 Å². The zero-order chi connectivity index (χ0) is 10.4. The minimum absolute atomic E-state index is 0.824. The maximum atomic E-state index is 5.86. The highest BCUT2D eigenvalue weighted by molar-refractivity contribution is 6.09. The molecular weight excluding hydrogens is 184 g/mol. The van der Waals surface area contributed by atoms with E-state index in [1.807, 2.05) is 24.3 Å². The molecule has 2 aromatic carbocycles. The summed E-state index contributed by atoms with van der Waals surface area (Å²) in [6.45, 7) is 2.08. The van der Waals surface area contributed by atoms with Gasteiger partial charge in [0.15, 0.2) is 0 Å².